The van der Waals surface area contributed by atoms with Crippen molar-refractivity contribution in [3.63, 3.8) is 0 Å². The maximum absolute atomic E-state index is 12.4. The summed E-state index contributed by atoms with van der Waals surface area (Å²) >= 11 is 1.65. The number of thioether (sulfide) groups is 1. The average Bonchev–Trinajstić information content (AvgIpc) is 2.83. The maximum atomic E-state index is 12.4. The lowest BCUT2D eigenvalue weighted by Gasteiger charge is -2.33. The van der Waals surface area contributed by atoms with Gasteiger partial charge in [-0.1, -0.05) is 31.0 Å². The lowest BCUT2D eigenvalue weighted by Crippen LogP contribution is -2.40. The van der Waals surface area contributed by atoms with Gasteiger partial charge in [-0.05, 0) is 44.4 Å². The third-order valence-electron chi connectivity index (χ3n) is 5.20. The minimum Gasteiger partial charge on any atom is -0.381 e. The molecule has 0 aromatic heterocycles. The van der Waals surface area contributed by atoms with Gasteiger partial charge < -0.3 is 10.1 Å². The molecule has 0 bridgehead atoms. The van der Waals surface area contributed by atoms with Gasteiger partial charge in [0.15, 0.2) is 5.17 Å². The average molecular weight is 310 g/mol. The smallest absolute Gasteiger partial charge is 0.264 e. The fourth-order valence-corrected chi connectivity index (χ4v) is 4.90. The number of nitrogens with zero attached hydrogens (tertiary/aromatic N) is 1. The Morgan fingerprint density at radius 1 is 1.24 bits per heavy atom. The molecule has 0 radical (unpaired) electrons. The monoisotopic (exact) mass is 310 g/mol. The molecular weight excluding hydrogens is 284 g/mol. The minimum atomic E-state index is -0.376. The van der Waals surface area contributed by atoms with Crippen LogP contribution in [-0.2, 0) is 9.53 Å². The molecule has 1 saturated heterocycles. The molecule has 21 heavy (non-hydrogen) atoms. The van der Waals surface area contributed by atoms with E-state index in [0.29, 0.717) is 5.92 Å². The third-order valence-corrected chi connectivity index (χ3v) is 6.56. The first kappa shape index (κ1) is 15.3. The van der Waals surface area contributed by atoms with E-state index in [1.165, 1.54) is 32.1 Å². The summed E-state index contributed by atoms with van der Waals surface area (Å²) in [5.41, 5.74) is 0. The lowest BCUT2D eigenvalue weighted by molar-refractivity contribution is -0.121. The topological polar surface area (TPSA) is 50.7 Å². The van der Waals surface area contributed by atoms with Crippen LogP contribution in [0.4, 0.5) is 0 Å². The quantitative estimate of drug-likeness (QED) is 0.870. The molecule has 1 atom stereocenters. The van der Waals surface area contributed by atoms with Crippen LogP contribution in [0, 0.1) is 11.8 Å². The zero-order valence-electron chi connectivity index (χ0n) is 12.9. The highest BCUT2D eigenvalue weighted by Gasteiger charge is 2.47. The molecule has 0 spiro atoms. The largest absolute Gasteiger partial charge is 0.381 e. The molecule has 3 aliphatic rings. The Hall–Kier alpha value is -0.550. The van der Waals surface area contributed by atoms with Crippen LogP contribution in [0.1, 0.15) is 51.9 Å². The maximum Gasteiger partial charge on any atom is 0.264 e. The van der Waals surface area contributed by atoms with Gasteiger partial charge in [-0.3, -0.25) is 4.79 Å². The molecule has 4 nitrogen and oxygen atoms in total. The van der Waals surface area contributed by atoms with Crippen molar-refractivity contribution < 1.29 is 9.53 Å². The molecule has 118 valence electrons. The van der Waals surface area contributed by atoms with Crippen molar-refractivity contribution in [3.8, 4) is 0 Å². The van der Waals surface area contributed by atoms with Crippen molar-refractivity contribution in [2.75, 3.05) is 19.8 Å². The fraction of sp³-hybridized carbons (Fsp3) is 0.875. The molecule has 2 heterocycles. The number of aliphatic imine (C=N–C) groups is 1. The van der Waals surface area contributed by atoms with Gasteiger partial charge in [-0.2, -0.15) is 4.99 Å². The highest BCUT2D eigenvalue weighted by molar-refractivity contribution is 8.16. The van der Waals surface area contributed by atoms with Crippen molar-refractivity contribution >= 4 is 22.8 Å². The molecule has 3 rings (SSSR count). The molecule has 1 unspecified atom stereocenters. The predicted octanol–water partition coefficient (Wildman–Crippen LogP) is 2.97. The van der Waals surface area contributed by atoms with Gasteiger partial charge in [0, 0.05) is 19.8 Å². The summed E-state index contributed by atoms with van der Waals surface area (Å²) in [6, 6.07) is 0. The van der Waals surface area contributed by atoms with E-state index < -0.39 is 0 Å². The van der Waals surface area contributed by atoms with Crippen LogP contribution in [0.2, 0.25) is 0 Å². The van der Waals surface area contributed by atoms with Crippen LogP contribution in [0.15, 0.2) is 4.99 Å². The zero-order chi connectivity index (χ0) is 14.7. The predicted molar refractivity (Wildman–Crippen MR) is 86.6 cm³/mol. The van der Waals surface area contributed by atoms with Gasteiger partial charge in [0.1, 0.15) is 4.75 Å². The number of rotatable bonds is 3. The van der Waals surface area contributed by atoms with E-state index in [9.17, 15) is 4.79 Å². The van der Waals surface area contributed by atoms with Crippen LogP contribution < -0.4 is 5.32 Å². The van der Waals surface area contributed by atoms with E-state index in [0.717, 1.165) is 43.7 Å². The first-order valence-corrected chi connectivity index (χ1v) is 9.14. The number of carbonyl (C=O) groups excluding carboxylic acids is 1. The van der Waals surface area contributed by atoms with E-state index in [2.05, 4.69) is 17.2 Å². The van der Waals surface area contributed by atoms with Crippen molar-refractivity contribution in [1.29, 1.82) is 0 Å². The van der Waals surface area contributed by atoms with Gasteiger partial charge in [0.25, 0.3) is 5.91 Å². The number of nitrogens with one attached hydrogen (secondary N) is 1. The Morgan fingerprint density at radius 3 is 2.67 bits per heavy atom. The standard InChI is InChI=1S/C16H26N2O2S/c1-16(13-7-9-20-10-8-13)14(19)18-15(21-16)17-11-12-5-3-2-4-6-12/h12-13H,2-11H2,1H3,(H,17,18,19). The number of amidine groups is 1. The normalized spacial score (nSPS) is 32.2. The summed E-state index contributed by atoms with van der Waals surface area (Å²) in [7, 11) is 0. The first-order valence-electron chi connectivity index (χ1n) is 8.32. The molecule has 1 N–H and O–H groups in total. The van der Waals surface area contributed by atoms with Crippen molar-refractivity contribution in [2.45, 2.75) is 56.6 Å². The molecule has 2 fully saturated rings. The SMILES string of the molecule is CC1(C2CCOCC2)SC(NCC2CCCCC2)=NC1=O. The van der Waals surface area contributed by atoms with Gasteiger partial charge in [-0.15, -0.1) is 0 Å². The second-order valence-corrected chi connectivity index (χ2v) is 8.14. The summed E-state index contributed by atoms with van der Waals surface area (Å²) in [6.45, 7) is 4.59. The van der Waals surface area contributed by atoms with Gasteiger partial charge >= 0.3 is 0 Å². The van der Waals surface area contributed by atoms with E-state index in [-0.39, 0.29) is 10.7 Å². The summed E-state index contributed by atoms with van der Waals surface area (Å²) < 4.78 is 5.04. The minimum absolute atomic E-state index is 0.0468. The Balaban J connectivity index is 1.53. The highest BCUT2D eigenvalue weighted by atomic mass is 32.2. The van der Waals surface area contributed by atoms with Crippen LogP contribution in [0.5, 0.6) is 0 Å². The van der Waals surface area contributed by atoms with E-state index in [1.807, 2.05) is 0 Å². The number of hydrogen-bond acceptors (Lipinski definition) is 4. The summed E-state index contributed by atoms with van der Waals surface area (Å²) in [5, 5.41) is 4.28. The van der Waals surface area contributed by atoms with Crippen LogP contribution >= 0.6 is 11.8 Å². The Bertz CT molecular complexity index is 415. The van der Waals surface area contributed by atoms with Crippen LogP contribution in [0.25, 0.3) is 0 Å². The summed E-state index contributed by atoms with van der Waals surface area (Å²) in [6.07, 6.45) is 8.66. The second kappa shape index (κ2) is 6.69. The third kappa shape index (κ3) is 3.45. The zero-order valence-corrected chi connectivity index (χ0v) is 13.7. The molecule has 0 aromatic carbocycles. The fourth-order valence-electron chi connectivity index (χ4n) is 3.68. The summed E-state index contributed by atoms with van der Waals surface area (Å²) in [4.78, 5) is 16.7. The Morgan fingerprint density at radius 2 is 1.95 bits per heavy atom. The number of hydrogen-bond donors (Lipinski definition) is 1. The number of carbonyl (C=O) groups is 1. The Kier molecular flexibility index (Phi) is 4.89. The van der Waals surface area contributed by atoms with Crippen molar-refractivity contribution in [1.82, 2.24) is 5.32 Å². The molecular formula is C16H26N2O2S. The van der Waals surface area contributed by atoms with Crippen LogP contribution in [-0.4, -0.2) is 35.6 Å². The van der Waals surface area contributed by atoms with E-state index in [1.54, 1.807) is 11.8 Å². The molecule has 1 amide bonds. The van der Waals surface area contributed by atoms with Crippen molar-refractivity contribution in [3.05, 3.63) is 0 Å². The van der Waals surface area contributed by atoms with Gasteiger partial charge in [-0.25, -0.2) is 0 Å². The lowest BCUT2D eigenvalue weighted by atomic mass is 9.86. The number of ether oxygens (including phenoxy) is 1. The highest BCUT2D eigenvalue weighted by Crippen LogP contribution is 2.43. The molecule has 0 aromatic rings. The van der Waals surface area contributed by atoms with E-state index in [4.69, 9.17) is 4.74 Å². The van der Waals surface area contributed by atoms with Crippen molar-refractivity contribution in [2.24, 2.45) is 16.8 Å². The summed E-state index contributed by atoms with van der Waals surface area (Å²) in [5.74, 6) is 1.19. The molecule has 1 aliphatic carbocycles. The Labute approximate surface area is 131 Å². The molecule has 5 heteroatoms. The second-order valence-electron chi connectivity index (χ2n) is 6.70. The molecule has 1 saturated carbocycles. The molecule has 2 aliphatic heterocycles. The number of amides is 1. The van der Waals surface area contributed by atoms with Gasteiger partial charge in [0.05, 0.1) is 0 Å². The first-order chi connectivity index (χ1) is 10.2. The van der Waals surface area contributed by atoms with Crippen LogP contribution in [0.3, 0.4) is 0 Å². The van der Waals surface area contributed by atoms with Gasteiger partial charge in [0.2, 0.25) is 0 Å². The van der Waals surface area contributed by atoms with E-state index >= 15 is 0 Å².